The van der Waals surface area contributed by atoms with Gasteiger partial charge < -0.3 is 9.84 Å². The third kappa shape index (κ3) is 4.34. The molecule has 0 radical (unpaired) electrons. The van der Waals surface area contributed by atoms with Crippen LogP contribution in [0.15, 0.2) is 46.0 Å². The third-order valence-electron chi connectivity index (χ3n) is 2.75. The number of hydrogen-bond donors (Lipinski definition) is 2. The van der Waals surface area contributed by atoms with Crippen molar-refractivity contribution in [1.29, 1.82) is 0 Å². The zero-order chi connectivity index (χ0) is 15.2. The van der Waals surface area contributed by atoms with Crippen LogP contribution in [0.5, 0.6) is 5.75 Å². The predicted octanol–water partition coefficient (Wildman–Crippen LogP) is 0.243. The summed E-state index contributed by atoms with van der Waals surface area (Å²) >= 11 is 0. The number of hydrogen-bond acceptors (Lipinski definition) is 4. The average molecular weight is 290 g/mol. The molecule has 0 atom stereocenters. The summed E-state index contributed by atoms with van der Waals surface area (Å²) in [6.45, 7) is 0.421. The fraction of sp³-hybridized carbons (Fsp3) is 0.214. The lowest BCUT2D eigenvalue weighted by Gasteiger charge is -2.08. The second-order valence-electron chi connectivity index (χ2n) is 4.36. The Balaban J connectivity index is 1.91. The smallest absolute Gasteiger partial charge is 0.307 e. The van der Waals surface area contributed by atoms with E-state index in [-0.39, 0.29) is 30.7 Å². The van der Waals surface area contributed by atoms with E-state index in [4.69, 9.17) is 9.84 Å². The first-order valence-electron chi connectivity index (χ1n) is 6.28. The highest BCUT2D eigenvalue weighted by Gasteiger charge is 2.01. The number of benzene rings is 1. The topological polar surface area (TPSA) is 101 Å². The van der Waals surface area contributed by atoms with Crippen LogP contribution in [0.3, 0.4) is 0 Å². The molecule has 0 aliphatic rings. The second-order valence-corrected chi connectivity index (χ2v) is 4.36. The van der Waals surface area contributed by atoms with Crippen molar-refractivity contribution < 1.29 is 14.6 Å². The summed E-state index contributed by atoms with van der Waals surface area (Å²) in [6, 6.07) is 9.02. The van der Waals surface area contributed by atoms with Gasteiger partial charge in [-0.05, 0) is 17.7 Å². The lowest BCUT2D eigenvalue weighted by molar-refractivity contribution is -0.136. The third-order valence-corrected chi connectivity index (χ3v) is 2.75. The molecule has 1 heterocycles. The van der Waals surface area contributed by atoms with E-state index in [0.717, 1.165) is 0 Å². The summed E-state index contributed by atoms with van der Waals surface area (Å²) in [5.41, 5.74) is 0.0149. The molecule has 1 aromatic carbocycles. The minimum Gasteiger partial charge on any atom is -0.492 e. The highest BCUT2D eigenvalue weighted by molar-refractivity contribution is 5.70. The van der Waals surface area contributed by atoms with Crippen LogP contribution in [-0.2, 0) is 17.8 Å². The zero-order valence-electron chi connectivity index (χ0n) is 11.1. The lowest BCUT2D eigenvalue weighted by atomic mass is 10.1. The zero-order valence-corrected chi connectivity index (χ0v) is 11.1. The molecule has 0 fully saturated rings. The number of nitrogens with one attached hydrogen (secondary N) is 1. The maximum Gasteiger partial charge on any atom is 0.307 e. The van der Waals surface area contributed by atoms with Gasteiger partial charge in [-0.3, -0.25) is 19.5 Å². The van der Waals surface area contributed by atoms with Crippen LogP contribution in [0.25, 0.3) is 0 Å². The standard InChI is InChI=1S/C14H14N2O5/c17-12-5-6-13(18)16(15-12)7-8-21-11-3-1-10(2-4-11)9-14(19)20/h1-6H,7-9H2,(H,15,17)(H,19,20). The van der Waals surface area contributed by atoms with Gasteiger partial charge in [-0.25, -0.2) is 4.68 Å². The summed E-state index contributed by atoms with van der Waals surface area (Å²) in [5, 5.41) is 11.1. The van der Waals surface area contributed by atoms with E-state index in [0.29, 0.717) is 11.3 Å². The summed E-state index contributed by atoms with van der Waals surface area (Å²) in [6.07, 6.45) is -0.0407. The first kappa shape index (κ1) is 14.6. The van der Waals surface area contributed by atoms with E-state index in [1.807, 2.05) is 0 Å². The predicted molar refractivity (Wildman–Crippen MR) is 74.6 cm³/mol. The average Bonchev–Trinajstić information content (AvgIpc) is 2.44. The molecule has 0 aliphatic heterocycles. The van der Waals surface area contributed by atoms with Crippen LogP contribution in [0.4, 0.5) is 0 Å². The van der Waals surface area contributed by atoms with Gasteiger partial charge in [-0.2, -0.15) is 0 Å². The summed E-state index contributed by atoms with van der Waals surface area (Å²) < 4.78 is 6.60. The number of carbonyl (C=O) groups is 1. The molecule has 1 aromatic heterocycles. The normalized spacial score (nSPS) is 10.3. The van der Waals surface area contributed by atoms with Gasteiger partial charge in [0, 0.05) is 12.1 Å². The van der Waals surface area contributed by atoms with Gasteiger partial charge in [0.05, 0.1) is 13.0 Å². The van der Waals surface area contributed by atoms with Crippen LogP contribution in [0, 0.1) is 0 Å². The number of aromatic nitrogens is 2. The number of carboxylic acid groups (broad SMARTS) is 1. The van der Waals surface area contributed by atoms with Crippen LogP contribution >= 0.6 is 0 Å². The van der Waals surface area contributed by atoms with Gasteiger partial charge in [0.2, 0.25) is 0 Å². The van der Waals surface area contributed by atoms with Crippen LogP contribution < -0.4 is 15.9 Å². The number of aromatic amines is 1. The van der Waals surface area contributed by atoms with Gasteiger partial charge in [-0.1, -0.05) is 12.1 Å². The van der Waals surface area contributed by atoms with Gasteiger partial charge in [0.15, 0.2) is 0 Å². The molecule has 7 nitrogen and oxygen atoms in total. The van der Waals surface area contributed by atoms with Crippen LogP contribution in [-0.4, -0.2) is 27.5 Å². The van der Waals surface area contributed by atoms with Crippen LogP contribution in [0.2, 0.25) is 0 Å². The van der Waals surface area contributed by atoms with Crippen molar-refractivity contribution in [2.24, 2.45) is 0 Å². The molecule has 0 saturated carbocycles. The van der Waals surface area contributed by atoms with Crippen molar-refractivity contribution in [3.05, 3.63) is 62.7 Å². The van der Waals surface area contributed by atoms with Crippen molar-refractivity contribution in [3.8, 4) is 5.75 Å². The van der Waals surface area contributed by atoms with Crippen molar-refractivity contribution in [3.63, 3.8) is 0 Å². The highest BCUT2D eigenvalue weighted by Crippen LogP contribution is 2.12. The minimum atomic E-state index is -0.893. The highest BCUT2D eigenvalue weighted by atomic mass is 16.5. The Labute approximate surface area is 119 Å². The molecule has 2 rings (SSSR count). The number of aliphatic carboxylic acids is 1. The van der Waals surface area contributed by atoms with Crippen molar-refractivity contribution in [2.45, 2.75) is 13.0 Å². The van der Waals surface area contributed by atoms with E-state index < -0.39 is 5.97 Å². The number of nitrogens with zero attached hydrogens (tertiary/aromatic N) is 1. The molecule has 0 saturated heterocycles. The molecule has 0 spiro atoms. The number of rotatable bonds is 6. The monoisotopic (exact) mass is 290 g/mol. The molecule has 0 bridgehead atoms. The van der Waals surface area contributed by atoms with Gasteiger partial charge in [0.1, 0.15) is 12.4 Å². The van der Waals surface area contributed by atoms with Crippen molar-refractivity contribution in [1.82, 2.24) is 9.78 Å². The first-order valence-corrected chi connectivity index (χ1v) is 6.28. The van der Waals surface area contributed by atoms with E-state index in [9.17, 15) is 14.4 Å². The van der Waals surface area contributed by atoms with Gasteiger partial charge in [-0.15, -0.1) is 0 Å². The van der Waals surface area contributed by atoms with E-state index in [1.54, 1.807) is 24.3 Å². The maximum absolute atomic E-state index is 11.4. The Morgan fingerprint density at radius 2 is 1.86 bits per heavy atom. The molecule has 0 unspecified atom stereocenters. The quantitative estimate of drug-likeness (QED) is 0.793. The summed E-state index contributed by atoms with van der Waals surface area (Å²) in [7, 11) is 0. The summed E-state index contributed by atoms with van der Waals surface area (Å²) in [5.74, 6) is -0.327. The number of H-pyrrole nitrogens is 1. The molecule has 110 valence electrons. The SMILES string of the molecule is O=C(O)Cc1ccc(OCCn2[nH]c(=O)ccc2=O)cc1. The molecule has 2 N–H and O–H groups in total. The molecule has 21 heavy (non-hydrogen) atoms. The molecule has 2 aromatic rings. The van der Waals surface area contributed by atoms with E-state index in [1.165, 1.54) is 16.8 Å². The molecular formula is C14H14N2O5. The molecule has 0 amide bonds. The Kier molecular flexibility index (Phi) is 4.55. The number of carboxylic acids is 1. The maximum atomic E-state index is 11.4. The fourth-order valence-corrected chi connectivity index (χ4v) is 1.76. The van der Waals surface area contributed by atoms with Crippen molar-refractivity contribution >= 4 is 5.97 Å². The summed E-state index contributed by atoms with van der Waals surface area (Å²) in [4.78, 5) is 33.1. The Hall–Kier alpha value is -2.83. The van der Waals surface area contributed by atoms with E-state index in [2.05, 4.69) is 5.10 Å². The lowest BCUT2D eigenvalue weighted by Crippen LogP contribution is -2.29. The van der Waals surface area contributed by atoms with Crippen LogP contribution in [0.1, 0.15) is 5.56 Å². The first-order chi connectivity index (χ1) is 10.0. The minimum absolute atomic E-state index is 0.0407. The number of ether oxygens (including phenoxy) is 1. The molecular weight excluding hydrogens is 276 g/mol. The Bertz CT molecular complexity index is 730. The molecule has 7 heteroatoms. The van der Waals surface area contributed by atoms with Gasteiger partial charge in [0.25, 0.3) is 11.1 Å². The van der Waals surface area contributed by atoms with Crippen molar-refractivity contribution in [2.75, 3.05) is 6.61 Å². The largest absolute Gasteiger partial charge is 0.492 e. The Morgan fingerprint density at radius 3 is 2.52 bits per heavy atom. The van der Waals surface area contributed by atoms with Gasteiger partial charge >= 0.3 is 5.97 Å². The molecule has 0 aliphatic carbocycles. The fourth-order valence-electron chi connectivity index (χ4n) is 1.76. The second kappa shape index (κ2) is 6.56. The Morgan fingerprint density at radius 1 is 1.14 bits per heavy atom. The van der Waals surface area contributed by atoms with E-state index >= 15 is 0 Å².